The normalized spacial score (nSPS) is 19.6. The molecule has 0 bridgehead atoms. The van der Waals surface area contributed by atoms with E-state index in [1.54, 1.807) is 0 Å². The van der Waals surface area contributed by atoms with Gasteiger partial charge in [0.05, 0.1) is 5.56 Å². The van der Waals surface area contributed by atoms with Crippen LogP contribution in [0.4, 0.5) is 5.69 Å². The Bertz CT molecular complexity index is 428. The number of nitrogens with two attached hydrogens (primary N) is 1. The van der Waals surface area contributed by atoms with Crippen molar-refractivity contribution in [1.82, 2.24) is 4.90 Å². The van der Waals surface area contributed by atoms with E-state index in [4.69, 9.17) is 5.73 Å². The Kier molecular flexibility index (Phi) is 3.36. The number of nitrogen functional groups attached to an aromatic ring is 1. The third-order valence-electron chi connectivity index (χ3n) is 3.59. The Balaban J connectivity index is 2.15. The highest BCUT2D eigenvalue weighted by Gasteiger charge is 2.26. The minimum Gasteiger partial charge on any atom is -0.398 e. The van der Waals surface area contributed by atoms with E-state index in [9.17, 15) is 4.79 Å². The molecule has 17 heavy (non-hydrogen) atoms. The summed E-state index contributed by atoms with van der Waals surface area (Å²) in [6.07, 6.45) is 2.27. The number of carbonyl (C=O) groups excluding carboxylic acids is 1. The number of rotatable bonds is 2. The maximum absolute atomic E-state index is 12.3. The van der Waals surface area contributed by atoms with Gasteiger partial charge in [0.25, 0.3) is 5.91 Å². The Morgan fingerprint density at radius 2 is 2.29 bits per heavy atom. The van der Waals surface area contributed by atoms with Gasteiger partial charge in [0.2, 0.25) is 0 Å². The molecule has 0 aliphatic carbocycles. The van der Waals surface area contributed by atoms with Gasteiger partial charge in [-0.05, 0) is 37.0 Å². The number of hydrogen-bond acceptors (Lipinski definition) is 2. The Labute approximate surface area is 103 Å². The molecule has 1 fully saturated rings. The maximum Gasteiger partial charge on any atom is 0.255 e. The molecule has 0 radical (unpaired) electrons. The number of likely N-dealkylation sites (tertiary alicyclic amines) is 1. The van der Waals surface area contributed by atoms with Crippen LogP contribution in [0.5, 0.6) is 0 Å². The summed E-state index contributed by atoms with van der Waals surface area (Å²) in [6, 6.07) is 5.64. The lowest BCUT2D eigenvalue weighted by atomic mass is 10.1. The van der Waals surface area contributed by atoms with Crippen molar-refractivity contribution in [1.29, 1.82) is 0 Å². The highest BCUT2D eigenvalue weighted by Crippen LogP contribution is 2.23. The first-order valence-electron chi connectivity index (χ1n) is 6.27. The Morgan fingerprint density at radius 3 is 2.88 bits per heavy atom. The van der Waals surface area contributed by atoms with Crippen molar-refractivity contribution >= 4 is 11.6 Å². The minimum absolute atomic E-state index is 0.0819. The predicted octanol–water partition coefficient (Wildman–Crippen LogP) is 2.45. The zero-order chi connectivity index (χ0) is 12.4. The number of benzene rings is 1. The van der Waals surface area contributed by atoms with Crippen molar-refractivity contribution in [3.63, 3.8) is 0 Å². The summed E-state index contributed by atoms with van der Waals surface area (Å²) >= 11 is 0. The maximum atomic E-state index is 12.3. The zero-order valence-corrected chi connectivity index (χ0v) is 10.6. The minimum atomic E-state index is 0.0819. The molecule has 1 heterocycles. The van der Waals surface area contributed by atoms with Crippen molar-refractivity contribution in [2.24, 2.45) is 5.92 Å². The lowest BCUT2D eigenvalue weighted by molar-refractivity contribution is 0.0788. The summed E-state index contributed by atoms with van der Waals surface area (Å²) in [7, 11) is 0. The van der Waals surface area contributed by atoms with Crippen LogP contribution in [0.15, 0.2) is 18.2 Å². The summed E-state index contributed by atoms with van der Waals surface area (Å²) in [5.74, 6) is 0.740. The van der Waals surface area contributed by atoms with Crippen LogP contribution in [0.3, 0.4) is 0 Å². The molecule has 1 aromatic carbocycles. The van der Waals surface area contributed by atoms with Crippen molar-refractivity contribution < 1.29 is 4.79 Å². The molecule has 1 aliphatic heterocycles. The second kappa shape index (κ2) is 4.78. The van der Waals surface area contributed by atoms with Crippen molar-refractivity contribution in [3.8, 4) is 0 Å². The molecule has 1 unspecified atom stereocenters. The van der Waals surface area contributed by atoms with Gasteiger partial charge in [-0.25, -0.2) is 0 Å². The van der Waals surface area contributed by atoms with E-state index in [2.05, 4.69) is 6.92 Å². The molecule has 1 saturated heterocycles. The quantitative estimate of drug-likeness (QED) is 0.796. The van der Waals surface area contributed by atoms with Crippen LogP contribution in [-0.4, -0.2) is 23.9 Å². The molecule has 1 aromatic rings. The fraction of sp³-hybridized carbons (Fsp3) is 0.500. The monoisotopic (exact) mass is 232 g/mol. The van der Waals surface area contributed by atoms with Gasteiger partial charge < -0.3 is 10.6 Å². The SMILES string of the molecule is CCC1CCN(C(=O)c2ccc(C)cc2N)C1. The standard InChI is InChI=1S/C14H20N2O/c1-3-11-6-7-16(9-11)14(17)12-5-4-10(2)8-13(12)15/h4-5,8,11H,3,6-7,9,15H2,1-2H3. The van der Waals surface area contributed by atoms with E-state index in [0.717, 1.165) is 31.5 Å². The first kappa shape index (κ1) is 12.0. The molecule has 1 aliphatic rings. The van der Waals surface area contributed by atoms with Crippen molar-refractivity contribution in [2.45, 2.75) is 26.7 Å². The van der Waals surface area contributed by atoms with Gasteiger partial charge in [0.15, 0.2) is 0 Å². The summed E-state index contributed by atoms with van der Waals surface area (Å²) in [5.41, 5.74) is 8.24. The number of anilines is 1. The number of hydrogen-bond donors (Lipinski definition) is 1. The molecule has 1 amide bonds. The molecule has 0 saturated carbocycles. The average molecular weight is 232 g/mol. The van der Waals surface area contributed by atoms with Gasteiger partial charge in [0.1, 0.15) is 0 Å². The summed E-state index contributed by atoms with van der Waals surface area (Å²) in [6.45, 7) is 5.90. The zero-order valence-electron chi connectivity index (χ0n) is 10.6. The molecule has 92 valence electrons. The largest absolute Gasteiger partial charge is 0.398 e. The Hall–Kier alpha value is -1.51. The fourth-order valence-electron chi connectivity index (χ4n) is 2.40. The molecular weight excluding hydrogens is 212 g/mol. The number of amides is 1. The summed E-state index contributed by atoms with van der Waals surface area (Å²) in [5, 5.41) is 0. The molecule has 2 rings (SSSR count). The molecule has 2 N–H and O–H groups in total. The first-order chi connectivity index (χ1) is 8.11. The highest BCUT2D eigenvalue weighted by atomic mass is 16.2. The van der Waals surface area contributed by atoms with Crippen LogP contribution < -0.4 is 5.73 Å². The van der Waals surface area contributed by atoms with Gasteiger partial charge >= 0.3 is 0 Å². The lowest BCUT2D eigenvalue weighted by Gasteiger charge is -2.17. The van der Waals surface area contributed by atoms with Crippen LogP contribution in [0, 0.1) is 12.8 Å². The number of nitrogens with zero attached hydrogens (tertiary/aromatic N) is 1. The molecule has 3 heteroatoms. The van der Waals surface area contributed by atoms with E-state index < -0.39 is 0 Å². The predicted molar refractivity (Wildman–Crippen MR) is 69.9 cm³/mol. The van der Waals surface area contributed by atoms with Gasteiger partial charge in [0, 0.05) is 18.8 Å². The van der Waals surface area contributed by atoms with Gasteiger partial charge in [-0.2, -0.15) is 0 Å². The second-order valence-corrected chi connectivity index (χ2v) is 4.90. The van der Waals surface area contributed by atoms with Crippen LogP contribution in [-0.2, 0) is 0 Å². The van der Waals surface area contributed by atoms with Gasteiger partial charge in [-0.3, -0.25) is 4.79 Å². The summed E-state index contributed by atoms with van der Waals surface area (Å²) < 4.78 is 0. The second-order valence-electron chi connectivity index (χ2n) is 4.90. The number of aryl methyl sites for hydroxylation is 1. The average Bonchev–Trinajstić information content (AvgIpc) is 2.76. The van der Waals surface area contributed by atoms with Crippen LogP contribution in [0.2, 0.25) is 0 Å². The van der Waals surface area contributed by atoms with Crippen LogP contribution in [0.25, 0.3) is 0 Å². The molecule has 0 aromatic heterocycles. The molecule has 1 atom stereocenters. The van der Waals surface area contributed by atoms with Crippen molar-refractivity contribution in [3.05, 3.63) is 29.3 Å². The smallest absolute Gasteiger partial charge is 0.255 e. The van der Waals surface area contributed by atoms with Crippen LogP contribution in [0.1, 0.15) is 35.7 Å². The summed E-state index contributed by atoms with van der Waals surface area (Å²) in [4.78, 5) is 14.2. The molecule has 3 nitrogen and oxygen atoms in total. The van der Waals surface area contributed by atoms with E-state index >= 15 is 0 Å². The molecular formula is C14H20N2O. The van der Waals surface area contributed by atoms with E-state index in [-0.39, 0.29) is 5.91 Å². The molecule has 0 spiro atoms. The fourth-order valence-corrected chi connectivity index (χ4v) is 2.40. The topological polar surface area (TPSA) is 46.3 Å². The van der Waals surface area contributed by atoms with Crippen LogP contribution >= 0.6 is 0 Å². The lowest BCUT2D eigenvalue weighted by Crippen LogP contribution is -2.29. The van der Waals surface area contributed by atoms with Gasteiger partial charge in [-0.15, -0.1) is 0 Å². The van der Waals surface area contributed by atoms with E-state index in [0.29, 0.717) is 17.2 Å². The number of carbonyl (C=O) groups is 1. The third kappa shape index (κ3) is 2.43. The highest BCUT2D eigenvalue weighted by molar-refractivity contribution is 5.99. The van der Waals surface area contributed by atoms with Crippen molar-refractivity contribution in [2.75, 3.05) is 18.8 Å². The van der Waals surface area contributed by atoms with Gasteiger partial charge in [-0.1, -0.05) is 19.4 Å². The van der Waals surface area contributed by atoms with E-state index in [1.165, 1.54) is 0 Å². The third-order valence-corrected chi connectivity index (χ3v) is 3.59. The first-order valence-corrected chi connectivity index (χ1v) is 6.27. The Morgan fingerprint density at radius 1 is 1.53 bits per heavy atom. The van der Waals surface area contributed by atoms with E-state index in [1.807, 2.05) is 30.0 Å².